The Hall–Kier alpha value is -1.86. The van der Waals surface area contributed by atoms with Crippen molar-refractivity contribution < 1.29 is 19.0 Å². The minimum absolute atomic E-state index is 0. The molecule has 0 bridgehead atoms. The Morgan fingerprint density at radius 1 is 0.794 bits per heavy atom. The summed E-state index contributed by atoms with van der Waals surface area (Å²) in [4.78, 5) is 5.82. The quantitative estimate of drug-likeness (QED) is 0.197. The SMILES string of the molecule is CCCCCC1=CCc2c(OC)cc(Oc3ccc(OC)cc3CCCCC)cc2N1OC.[SnH2]. The molecule has 34 heavy (non-hydrogen) atoms. The zero-order valence-corrected chi connectivity index (χ0v) is 25.7. The molecule has 0 N–H and O–H groups in total. The molecule has 1 heterocycles. The van der Waals surface area contributed by atoms with Crippen molar-refractivity contribution >= 4 is 29.6 Å². The van der Waals surface area contributed by atoms with Gasteiger partial charge in [0, 0.05) is 23.4 Å². The summed E-state index contributed by atoms with van der Waals surface area (Å²) in [5.74, 6) is 3.26. The van der Waals surface area contributed by atoms with Crippen molar-refractivity contribution in [1.82, 2.24) is 0 Å². The number of fused-ring (bicyclic) bond motifs is 1. The molecule has 1 aliphatic rings. The minimum atomic E-state index is 0. The first-order valence-corrected chi connectivity index (χ1v) is 12.2. The van der Waals surface area contributed by atoms with E-state index in [-0.39, 0.29) is 23.9 Å². The van der Waals surface area contributed by atoms with Gasteiger partial charge in [0.1, 0.15) is 23.0 Å². The zero-order valence-electron chi connectivity index (χ0n) is 21.6. The molecule has 5 nitrogen and oxygen atoms in total. The Morgan fingerprint density at radius 3 is 2.18 bits per heavy atom. The molecule has 0 amide bonds. The fourth-order valence-electron chi connectivity index (χ4n) is 4.34. The molecular weight excluding hydrogens is 533 g/mol. The molecule has 0 aromatic heterocycles. The number of methoxy groups -OCH3 is 2. The van der Waals surface area contributed by atoms with Crippen LogP contribution in [0.2, 0.25) is 0 Å². The number of allylic oxidation sites excluding steroid dienone is 2. The second-order valence-corrected chi connectivity index (χ2v) is 8.49. The molecule has 0 fully saturated rings. The van der Waals surface area contributed by atoms with E-state index in [1.165, 1.54) is 31.4 Å². The fourth-order valence-corrected chi connectivity index (χ4v) is 4.34. The summed E-state index contributed by atoms with van der Waals surface area (Å²) in [7, 11) is 5.13. The van der Waals surface area contributed by atoms with E-state index >= 15 is 0 Å². The topological polar surface area (TPSA) is 40.2 Å². The number of anilines is 1. The number of aryl methyl sites for hydroxylation is 1. The third kappa shape index (κ3) is 7.08. The average Bonchev–Trinajstić information content (AvgIpc) is 2.84. The number of nitrogens with zero attached hydrogens (tertiary/aromatic N) is 1. The maximum atomic E-state index is 6.44. The molecule has 0 atom stereocenters. The van der Waals surface area contributed by atoms with Crippen LogP contribution in [-0.2, 0) is 17.7 Å². The summed E-state index contributed by atoms with van der Waals surface area (Å²) in [6, 6.07) is 10.1. The van der Waals surface area contributed by atoms with E-state index in [2.05, 4.69) is 32.1 Å². The van der Waals surface area contributed by atoms with Crippen molar-refractivity contribution in [1.29, 1.82) is 0 Å². The third-order valence-electron chi connectivity index (χ3n) is 6.16. The Balaban J connectivity index is 0.00000408. The number of rotatable bonds is 13. The van der Waals surface area contributed by atoms with Crippen molar-refractivity contribution in [3.8, 4) is 23.0 Å². The van der Waals surface area contributed by atoms with Gasteiger partial charge in [-0.05, 0) is 55.9 Å². The molecule has 186 valence electrons. The molecule has 2 aromatic rings. The van der Waals surface area contributed by atoms with Gasteiger partial charge in [-0.1, -0.05) is 45.6 Å². The van der Waals surface area contributed by atoms with Crippen LogP contribution in [0.4, 0.5) is 5.69 Å². The summed E-state index contributed by atoms with van der Waals surface area (Å²) in [6.07, 6.45) is 12.1. The summed E-state index contributed by atoms with van der Waals surface area (Å²) >= 11 is 0. The van der Waals surface area contributed by atoms with E-state index in [1.807, 2.05) is 23.3 Å². The van der Waals surface area contributed by atoms with E-state index in [0.717, 1.165) is 71.9 Å². The second-order valence-electron chi connectivity index (χ2n) is 8.49. The van der Waals surface area contributed by atoms with E-state index in [9.17, 15) is 0 Å². The summed E-state index contributed by atoms with van der Waals surface area (Å²) < 4.78 is 17.6. The van der Waals surface area contributed by atoms with Gasteiger partial charge in [-0.2, -0.15) is 0 Å². The fraction of sp³-hybridized carbons (Fsp3) is 0.500. The Labute approximate surface area is 222 Å². The van der Waals surface area contributed by atoms with Crippen LogP contribution in [0.1, 0.15) is 69.9 Å². The number of hydrogen-bond donors (Lipinski definition) is 0. The molecule has 0 spiro atoms. The van der Waals surface area contributed by atoms with Crippen molar-refractivity contribution in [2.24, 2.45) is 0 Å². The summed E-state index contributed by atoms with van der Waals surface area (Å²) in [6.45, 7) is 4.44. The molecule has 0 saturated heterocycles. The van der Waals surface area contributed by atoms with E-state index in [0.29, 0.717) is 0 Å². The van der Waals surface area contributed by atoms with Gasteiger partial charge in [0.2, 0.25) is 0 Å². The predicted octanol–water partition coefficient (Wildman–Crippen LogP) is 6.70. The number of benzene rings is 2. The van der Waals surface area contributed by atoms with E-state index < -0.39 is 0 Å². The van der Waals surface area contributed by atoms with Crippen molar-refractivity contribution in [2.45, 2.75) is 71.6 Å². The van der Waals surface area contributed by atoms with Crippen molar-refractivity contribution in [3.05, 3.63) is 53.2 Å². The summed E-state index contributed by atoms with van der Waals surface area (Å²) in [5, 5.41) is 1.93. The van der Waals surface area contributed by atoms with Crippen LogP contribution in [0.25, 0.3) is 0 Å². The Morgan fingerprint density at radius 2 is 1.53 bits per heavy atom. The van der Waals surface area contributed by atoms with Crippen LogP contribution < -0.4 is 19.3 Å². The average molecular weight is 574 g/mol. The number of hydroxylamine groups is 1. The summed E-state index contributed by atoms with van der Waals surface area (Å²) in [5.41, 5.74) is 4.45. The van der Waals surface area contributed by atoms with Gasteiger partial charge in [0.05, 0.1) is 27.0 Å². The number of unbranched alkanes of at least 4 members (excludes halogenated alkanes) is 4. The molecule has 0 unspecified atom stereocenters. The predicted molar refractivity (Wildman–Crippen MR) is 143 cm³/mol. The Kier molecular flexibility index (Phi) is 12.1. The molecule has 2 radical (unpaired) electrons. The van der Waals surface area contributed by atoms with Crippen LogP contribution in [0, 0.1) is 0 Å². The normalized spacial score (nSPS) is 12.5. The van der Waals surface area contributed by atoms with Crippen LogP contribution in [0.15, 0.2) is 42.1 Å². The molecule has 3 rings (SSSR count). The van der Waals surface area contributed by atoms with Crippen molar-refractivity contribution in [3.63, 3.8) is 0 Å². The third-order valence-corrected chi connectivity index (χ3v) is 6.16. The second kappa shape index (κ2) is 14.5. The first-order chi connectivity index (χ1) is 16.1. The number of ether oxygens (including phenoxy) is 3. The van der Waals surface area contributed by atoms with E-state index in [4.69, 9.17) is 19.0 Å². The van der Waals surface area contributed by atoms with Gasteiger partial charge in [-0.25, -0.2) is 5.06 Å². The van der Waals surface area contributed by atoms with E-state index in [1.54, 1.807) is 21.3 Å². The van der Waals surface area contributed by atoms with Crippen LogP contribution >= 0.6 is 0 Å². The van der Waals surface area contributed by atoms with Crippen LogP contribution in [0.5, 0.6) is 23.0 Å². The van der Waals surface area contributed by atoms with Crippen LogP contribution in [0.3, 0.4) is 0 Å². The van der Waals surface area contributed by atoms with Gasteiger partial charge in [-0.3, -0.25) is 4.84 Å². The molecule has 2 aromatic carbocycles. The molecular formula is C28H41NO4Sn. The molecule has 0 saturated carbocycles. The monoisotopic (exact) mass is 575 g/mol. The number of hydrogen-bond acceptors (Lipinski definition) is 5. The van der Waals surface area contributed by atoms with Gasteiger partial charge in [-0.15, -0.1) is 0 Å². The first-order valence-electron chi connectivity index (χ1n) is 12.2. The maximum absolute atomic E-state index is 6.44. The zero-order chi connectivity index (χ0) is 23.6. The molecule has 6 heteroatoms. The van der Waals surface area contributed by atoms with Gasteiger partial charge < -0.3 is 14.2 Å². The Bertz CT molecular complexity index is 944. The molecule has 0 aliphatic carbocycles. The standard InChI is InChI=1S/C28H39NO4.Sn.2H/c1-6-8-10-12-21-18-23(30-3)15-17-27(21)33-24-19-26-25(28(20-24)31-4)16-14-22(29(26)32-5)13-11-9-7-2;;;/h14-15,17-20H,6-13,16H2,1-5H3;;;. The van der Waals surface area contributed by atoms with Gasteiger partial charge in [0.25, 0.3) is 0 Å². The van der Waals surface area contributed by atoms with Gasteiger partial charge in [0.15, 0.2) is 0 Å². The van der Waals surface area contributed by atoms with Crippen molar-refractivity contribution in [2.75, 3.05) is 26.4 Å². The first kappa shape index (κ1) is 28.4. The van der Waals surface area contributed by atoms with Crippen LogP contribution in [-0.4, -0.2) is 45.2 Å². The molecule has 1 aliphatic heterocycles. The van der Waals surface area contributed by atoms with Gasteiger partial charge >= 0.3 is 23.9 Å².